The summed E-state index contributed by atoms with van der Waals surface area (Å²) in [5.74, 6) is 0.0804. The first-order chi connectivity index (χ1) is 16.5. The number of anilines is 1. The van der Waals surface area contributed by atoms with E-state index >= 15 is 0 Å². The molecule has 1 saturated heterocycles. The molecule has 34 heavy (non-hydrogen) atoms. The molecular formula is C24H28N6O4. The van der Waals surface area contributed by atoms with Crippen LogP contribution in [0.1, 0.15) is 44.0 Å². The van der Waals surface area contributed by atoms with Gasteiger partial charge in [-0.2, -0.15) is 10.2 Å². The third kappa shape index (κ3) is 3.50. The number of benzene rings is 1. The van der Waals surface area contributed by atoms with Crippen LogP contribution in [0.4, 0.5) is 5.69 Å². The second kappa shape index (κ2) is 8.07. The summed E-state index contributed by atoms with van der Waals surface area (Å²) in [6.07, 6.45) is 9.64. The lowest BCUT2D eigenvalue weighted by Crippen LogP contribution is -2.40. The molecule has 10 nitrogen and oxygen atoms in total. The molecule has 0 bridgehead atoms. The molecule has 0 radical (unpaired) electrons. The molecule has 1 amide bonds. The monoisotopic (exact) mass is 464 g/mol. The normalized spacial score (nSPS) is 21.9. The summed E-state index contributed by atoms with van der Waals surface area (Å²) in [5, 5.41) is 12.8. The summed E-state index contributed by atoms with van der Waals surface area (Å²) >= 11 is 0. The highest BCUT2D eigenvalue weighted by molar-refractivity contribution is 6.09. The second-order valence-corrected chi connectivity index (χ2v) is 9.02. The van der Waals surface area contributed by atoms with E-state index in [1.54, 1.807) is 36.3 Å². The smallest absolute Gasteiger partial charge is 0.259 e. The van der Waals surface area contributed by atoms with Gasteiger partial charge in [0.05, 0.1) is 43.6 Å². The van der Waals surface area contributed by atoms with E-state index in [2.05, 4.69) is 22.3 Å². The van der Waals surface area contributed by atoms with E-state index in [-0.39, 0.29) is 13.4 Å². The van der Waals surface area contributed by atoms with Crippen molar-refractivity contribution in [2.75, 3.05) is 25.6 Å². The van der Waals surface area contributed by atoms with Crippen LogP contribution in [0.15, 0.2) is 43.0 Å². The largest absolute Gasteiger partial charge is 0.496 e. The average Bonchev–Trinajstić information content (AvgIpc) is 3.57. The van der Waals surface area contributed by atoms with Crippen LogP contribution in [0.25, 0.3) is 16.6 Å². The van der Waals surface area contributed by atoms with Crippen LogP contribution in [-0.2, 0) is 9.47 Å². The Hall–Kier alpha value is -3.50. The van der Waals surface area contributed by atoms with Crippen molar-refractivity contribution in [1.82, 2.24) is 24.4 Å². The molecule has 1 N–H and O–H groups in total. The fourth-order valence-electron chi connectivity index (χ4n) is 5.23. The molecule has 3 aromatic heterocycles. The van der Waals surface area contributed by atoms with Crippen LogP contribution in [0.3, 0.4) is 0 Å². The zero-order valence-corrected chi connectivity index (χ0v) is 19.1. The van der Waals surface area contributed by atoms with E-state index < -0.39 is 5.79 Å². The van der Waals surface area contributed by atoms with E-state index in [0.29, 0.717) is 41.8 Å². The van der Waals surface area contributed by atoms with Gasteiger partial charge < -0.3 is 19.5 Å². The van der Waals surface area contributed by atoms with Crippen LogP contribution in [0.5, 0.6) is 5.75 Å². The lowest BCUT2D eigenvalue weighted by molar-refractivity contribution is -0.192. The molecule has 1 spiro atoms. The molecule has 1 aromatic carbocycles. The number of fused-ring (bicyclic) bond motifs is 2. The Morgan fingerprint density at radius 1 is 1.32 bits per heavy atom. The maximum Gasteiger partial charge on any atom is 0.259 e. The molecule has 2 aliphatic rings. The Labute approximate surface area is 197 Å². The summed E-state index contributed by atoms with van der Waals surface area (Å²) in [6.45, 7) is 3.55. The maximum absolute atomic E-state index is 13.2. The zero-order chi connectivity index (χ0) is 23.3. The lowest BCUT2D eigenvalue weighted by atomic mass is 9.82. The second-order valence-electron chi connectivity index (χ2n) is 9.02. The predicted molar refractivity (Wildman–Crippen MR) is 126 cm³/mol. The van der Waals surface area contributed by atoms with E-state index in [9.17, 15) is 4.79 Å². The Kier molecular flexibility index (Phi) is 5.00. The third-order valence-corrected chi connectivity index (χ3v) is 6.88. The highest BCUT2D eigenvalue weighted by Crippen LogP contribution is 2.43. The molecule has 1 aliphatic heterocycles. The Morgan fingerprint density at radius 3 is 2.97 bits per heavy atom. The molecular weight excluding hydrogens is 436 g/mol. The van der Waals surface area contributed by atoms with Crippen LogP contribution in [0.2, 0.25) is 0 Å². The Balaban J connectivity index is 0.00000253. The van der Waals surface area contributed by atoms with Gasteiger partial charge in [-0.15, -0.1) is 0 Å². The van der Waals surface area contributed by atoms with Crippen molar-refractivity contribution in [3.05, 3.63) is 48.5 Å². The molecule has 4 heterocycles. The van der Waals surface area contributed by atoms with Gasteiger partial charge in [-0.1, -0.05) is 6.92 Å². The quantitative estimate of drug-likeness (QED) is 0.491. The molecule has 2 atom stereocenters. The SMILES string of the molecule is COc1cc2nn([C@H]3CCC4(C[C@@H]3C)OCCO4)cc2cc1C(=O)Nc1cnn2cccnc12.[HH]. The molecule has 1 aliphatic carbocycles. The van der Waals surface area contributed by atoms with Gasteiger partial charge in [0.2, 0.25) is 0 Å². The Bertz CT molecular complexity index is 1380. The number of nitrogens with zero attached hydrogens (tertiary/aromatic N) is 5. The number of aromatic nitrogens is 5. The van der Waals surface area contributed by atoms with Crippen molar-refractivity contribution in [3.63, 3.8) is 0 Å². The fraction of sp³-hybridized carbons (Fsp3) is 0.417. The van der Waals surface area contributed by atoms with E-state index in [1.165, 1.54) is 0 Å². The van der Waals surface area contributed by atoms with Gasteiger partial charge in [0, 0.05) is 44.3 Å². The number of carbonyl (C=O) groups excluding carboxylic acids is 1. The van der Waals surface area contributed by atoms with Crippen molar-refractivity contribution in [1.29, 1.82) is 0 Å². The minimum absolute atomic E-state index is 0. The minimum Gasteiger partial charge on any atom is -0.496 e. The summed E-state index contributed by atoms with van der Waals surface area (Å²) in [5.41, 5.74) is 2.31. The Morgan fingerprint density at radius 2 is 2.18 bits per heavy atom. The van der Waals surface area contributed by atoms with Crippen molar-refractivity contribution in [3.8, 4) is 5.75 Å². The molecule has 4 aromatic rings. The first-order valence-electron chi connectivity index (χ1n) is 11.5. The highest BCUT2D eigenvalue weighted by atomic mass is 16.7. The summed E-state index contributed by atoms with van der Waals surface area (Å²) in [6, 6.07) is 5.65. The van der Waals surface area contributed by atoms with Gasteiger partial charge in [-0.3, -0.25) is 9.48 Å². The van der Waals surface area contributed by atoms with Crippen molar-refractivity contribution in [2.45, 2.75) is 38.0 Å². The number of rotatable bonds is 4. The molecule has 10 heteroatoms. The van der Waals surface area contributed by atoms with Crippen LogP contribution >= 0.6 is 0 Å². The highest BCUT2D eigenvalue weighted by Gasteiger charge is 2.44. The zero-order valence-electron chi connectivity index (χ0n) is 19.1. The summed E-state index contributed by atoms with van der Waals surface area (Å²) in [4.78, 5) is 17.5. The van der Waals surface area contributed by atoms with Gasteiger partial charge in [0.15, 0.2) is 11.4 Å². The maximum atomic E-state index is 13.2. The summed E-state index contributed by atoms with van der Waals surface area (Å²) < 4.78 is 21.0. The van der Waals surface area contributed by atoms with Crippen LogP contribution in [0, 0.1) is 5.92 Å². The van der Waals surface area contributed by atoms with Gasteiger partial charge in [-0.25, -0.2) is 9.50 Å². The van der Waals surface area contributed by atoms with Gasteiger partial charge in [0.25, 0.3) is 5.91 Å². The van der Waals surface area contributed by atoms with E-state index in [1.807, 2.05) is 23.0 Å². The molecule has 1 saturated carbocycles. The van der Waals surface area contributed by atoms with Crippen molar-refractivity contribution < 1.29 is 20.4 Å². The number of hydrogen-bond acceptors (Lipinski definition) is 7. The lowest BCUT2D eigenvalue weighted by Gasteiger charge is -2.39. The summed E-state index contributed by atoms with van der Waals surface area (Å²) in [7, 11) is 1.55. The van der Waals surface area contributed by atoms with E-state index in [0.717, 1.165) is 30.2 Å². The predicted octanol–water partition coefficient (Wildman–Crippen LogP) is 3.69. The number of amides is 1. The van der Waals surface area contributed by atoms with Gasteiger partial charge in [-0.05, 0) is 24.5 Å². The van der Waals surface area contributed by atoms with Crippen molar-refractivity contribution in [2.24, 2.45) is 5.92 Å². The fourth-order valence-corrected chi connectivity index (χ4v) is 5.23. The first-order valence-corrected chi connectivity index (χ1v) is 11.5. The van der Waals surface area contributed by atoms with Gasteiger partial charge in [0.1, 0.15) is 11.4 Å². The molecule has 178 valence electrons. The number of methoxy groups -OCH3 is 1. The number of hydrogen-bond donors (Lipinski definition) is 1. The van der Waals surface area contributed by atoms with E-state index in [4.69, 9.17) is 19.3 Å². The minimum atomic E-state index is -0.427. The van der Waals surface area contributed by atoms with Crippen LogP contribution in [-0.4, -0.2) is 56.4 Å². The molecule has 6 rings (SSSR count). The number of nitrogens with one attached hydrogen (secondary N) is 1. The number of carbonyl (C=O) groups is 1. The number of ether oxygens (including phenoxy) is 3. The average molecular weight is 465 g/mol. The van der Waals surface area contributed by atoms with Crippen molar-refractivity contribution >= 4 is 28.1 Å². The third-order valence-electron chi connectivity index (χ3n) is 6.88. The standard InChI is InChI=1S/C24H26N6O4.H2/c1-15-12-24(33-8-9-34-24)5-4-20(15)30-14-16-10-17(21(32-2)11-18(16)28-30)23(31)27-19-13-26-29-7-3-6-25-22(19)29;/h3,6-7,10-11,13-15,20H,4-5,8-9,12H2,1-2H3,(H,27,31);1H/t15-,20-;/m0./s1. The first kappa shape index (κ1) is 21.1. The van der Waals surface area contributed by atoms with Gasteiger partial charge >= 0.3 is 0 Å². The molecule has 2 fully saturated rings. The molecule has 0 unspecified atom stereocenters. The topological polar surface area (TPSA) is 105 Å². The van der Waals surface area contributed by atoms with Crippen LogP contribution < -0.4 is 10.1 Å².